The Morgan fingerprint density at radius 3 is 2.60 bits per heavy atom. The van der Waals surface area contributed by atoms with Gasteiger partial charge in [0.1, 0.15) is 12.7 Å². The summed E-state index contributed by atoms with van der Waals surface area (Å²) in [4.78, 5) is 18.3. The molecule has 0 bridgehead atoms. The molecule has 1 unspecified atom stereocenters. The number of carbonyl (C=O) groups excluding carboxylic acids is 1. The first-order valence-corrected chi connectivity index (χ1v) is 8.09. The number of benzene rings is 2. The Balaban J connectivity index is 1.69. The Morgan fingerprint density at radius 2 is 1.88 bits per heavy atom. The Bertz CT molecular complexity index is 818. The number of aromatic nitrogens is 3. The summed E-state index contributed by atoms with van der Waals surface area (Å²) in [5.41, 5.74) is 2.08. The zero-order valence-corrected chi connectivity index (χ0v) is 14.0. The highest BCUT2D eigenvalue weighted by Gasteiger charge is 2.18. The molecule has 0 saturated heterocycles. The van der Waals surface area contributed by atoms with Crippen LogP contribution in [0.15, 0.2) is 67.3 Å². The highest BCUT2D eigenvalue weighted by Crippen LogP contribution is 2.18. The second-order valence-electron chi connectivity index (χ2n) is 5.80. The van der Waals surface area contributed by atoms with E-state index in [0.717, 1.165) is 5.56 Å². The molecule has 6 nitrogen and oxygen atoms in total. The van der Waals surface area contributed by atoms with E-state index >= 15 is 0 Å². The average Bonchev–Trinajstić information content (AvgIpc) is 3.20. The van der Waals surface area contributed by atoms with E-state index in [4.69, 9.17) is 0 Å². The van der Waals surface area contributed by atoms with Gasteiger partial charge in [0, 0.05) is 13.6 Å². The van der Waals surface area contributed by atoms with Gasteiger partial charge in [-0.2, -0.15) is 5.10 Å². The molecule has 0 aliphatic heterocycles. The third-order valence-corrected chi connectivity index (χ3v) is 4.07. The second kappa shape index (κ2) is 7.72. The van der Waals surface area contributed by atoms with Gasteiger partial charge < -0.3 is 10.0 Å². The molecule has 1 N–H and O–H groups in total. The number of amides is 1. The van der Waals surface area contributed by atoms with Crippen LogP contribution in [0.2, 0.25) is 0 Å². The first-order chi connectivity index (χ1) is 12.2. The van der Waals surface area contributed by atoms with Gasteiger partial charge in [-0.3, -0.25) is 4.79 Å². The smallest absolute Gasteiger partial charge is 0.255 e. The monoisotopic (exact) mass is 336 g/mol. The summed E-state index contributed by atoms with van der Waals surface area (Å²) in [5.74, 6) is -0.119. The molecule has 1 atom stereocenters. The van der Waals surface area contributed by atoms with Crippen molar-refractivity contribution in [2.24, 2.45) is 0 Å². The molecule has 25 heavy (non-hydrogen) atoms. The highest BCUT2D eigenvalue weighted by atomic mass is 16.3. The first kappa shape index (κ1) is 16.9. The fourth-order valence-corrected chi connectivity index (χ4v) is 2.65. The summed E-state index contributed by atoms with van der Waals surface area (Å²) >= 11 is 0. The zero-order valence-electron chi connectivity index (χ0n) is 14.0. The molecule has 1 heterocycles. The Labute approximate surface area is 146 Å². The van der Waals surface area contributed by atoms with Crippen LogP contribution in [0.4, 0.5) is 0 Å². The van der Waals surface area contributed by atoms with Crippen LogP contribution >= 0.6 is 0 Å². The number of carbonyl (C=O) groups is 1. The lowest BCUT2D eigenvalue weighted by Crippen LogP contribution is -2.29. The summed E-state index contributed by atoms with van der Waals surface area (Å²) in [6.07, 6.45) is 2.87. The van der Waals surface area contributed by atoms with Gasteiger partial charge in [0.05, 0.1) is 17.4 Å². The van der Waals surface area contributed by atoms with Crippen LogP contribution in [0.5, 0.6) is 0 Å². The van der Waals surface area contributed by atoms with Crippen molar-refractivity contribution < 1.29 is 9.90 Å². The topological polar surface area (TPSA) is 71.2 Å². The number of aliphatic hydroxyl groups is 1. The van der Waals surface area contributed by atoms with Crippen molar-refractivity contribution in [1.29, 1.82) is 0 Å². The van der Waals surface area contributed by atoms with E-state index in [1.807, 2.05) is 48.5 Å². The SMILES string of the molecule is CN(CCC(O)c1ccccc1)C(=O)c1ccccc1-n1cncn1. The molecule has 0 aliphatic rings. The largest absolute Gasteiger partial charge is 0.388 e. The van der Waals surface area contributed by atoms with Crippen LogP contribution in [0.1, 0.15) is 28.4 Å². The van der Waals surface area contributed by atoms with Crippen molar-refractivity contribution in [1.82, 2.24) is 19.7 Å². The van der Waals surface area contributed by atoms with E-state index in [-0.39, 0.29) is 5.91 Å². The van der Waals surface area contributed by atoms with Crippen LogP contribution < -0.4 is 0 Å². The predicted molar refractivity (Wildman–Crippen MR) is 94.3 cm³/mol. The number of hydrogen-bond donors (Lipinski definition) is 1. The van der Waals surface area contributed by atoms with Crippen LogP contribution in [0.3, 0.4) is 0 Å². The summed E-state index contributed by atoms with van der Waals surface area (Å²) in [7, 11) is 1.73. The summed E-state index contributed by atoms with van der Waals surface area (Å²) < 4.78 is 1.57. The third kappa shape index (κ3) is 3.92. The standard InChI is InChI=1S/C19H20N4O2/c1-22(12-11-18(24)15-7-3-2-4-8-15)19(25)16-9-5-6-10-17(16)23-14-20-13-21-23/h2-10,13-14,18,24H,11-12H2,1H3. The molecule has 0 spiro atoms. The number of aliphatic hydroxyl groups excluding tert-OH is 1. The van der Waals surface area contributed by atoms with Gasteiger partial charge in [0.15, 0.2) is 0 Å². The fourth-order valence-electron chi connectivity index (χ4n) is 2.65. The molecule has 0 saturated carbocycles. The van der Waals surface area contributed by atoms with Crippen molar-refractivity contribution >= 4 is 5.91 Å². The van der Waals surface area contributed by atoms with Crippen molar-refractivity contribution in [2.45, 2.75) is 12.5 Å². The molecule has 0 fully saturated rings. The number of hydrogen-bond acceptors (Lipinski definition) is 4. The maximum absolute atomic E-state index is 12.8. The lowest BCUT2D eigenvalue weighted by Gasteiger charge is -2.20. The minimum atomic E-state index is -0.595. The lowest BCUT2D eigenvalue weighted by molar-refractivity contribution is 0.0761. The van der Waals surface area contributed by atoms with Crippen LogP contribution in [-0.2, 0) is 0 Å². The summed E-state index contributed by atoms with van der Waals surface area (Å²) in [5, 5.41) is 14.4. The van der Waals surface area contributed by atoms with Gasteiger partial charge >= 0.3 is 0 Å². The van der Waals surface area contributed by atoms with Gasteiger partial charge in [-0.15, -0.1) is 0 Å². The van der Waals surface area contributed by atoms with E-state index in [1.54, 1.807) is 29.0 Å². The molecule has 1 aromatic heterocycles. The number of rotatable bonds is 6. The molecular formula is C19H20N4O2. The molecule has 3 aromatic rings. The molecular weight excluding hydrogens is 316 g/mol. The molecule has 1 amide bonds. The van der Waals surface area contributed by atoms with Crippen molar-refractivity contribution in [2.75, 3.05) is 13.6 Å². The fraction of sp³-hybridized carbons (Fsp3) is 0.211. The Morgan fingerprint density at radius 1 is 1.16 bits per heavy atom. The maximum Gasteiger partial charge on any atom is 0.255 e. The molecule has 3 rings (SSSR count). The van der Waals surface area contributed by atoms with E-state index in [2.05, 4.69) is 10.1 Å². The predicted octanol–water partition coefficient (Wildman–Crippen LogP) is 2.46. The quantitative estimate of drug-likeness (QED) is 0.751. The molecule has 128 valence electrons. The highest BCUT2D eigenvalue weighted by molar-refractivity contribution is 5.97. The summed E-state index contributed by atoms with van der Waals surface area (Å²) in [6.45, 7) is 0.445. The molecule has 0 aliphatic carbocycles. The zero-order chi connectivity index (χ0) is 17.6. The number of nitrogens with zero attached hydrogens (tertiary/aromatic N) is 4. The first-order valence-electron chi connectivity index (χ1n) is 8.09. The minimum absolute atomic E-state index is 0.119. The maximum atomic E-state index is 12.8. The van der Waals surface area contributed by atoms with Gasteiger partial charge in [0.2, 0.25) is 0 Å². The summed E-state index contributed by atoms with van der Waals surface area (Å²) in [6, 6.07) is 16.7. The Kier molecular flexibility index (Phi) is 5.20. The van der Waals surface area contributed by atoms with Gasteiger partial charge in [0.25, 0.3) is 5.91 Å². The molecule has 2 aromatic carbocycles. The lowest BCUT2D eigenvalue weighted by atomic mass is 10.1. The van der Waals surface area contributed by atoms with Crippen molar-refractivity contribution in [3.8, 4) is 5.69 Å². The molecule has 6 heteroatoms. The normalized spacial score (nSPS) is 11.9. The van der Waals surface area contributed by atoms with E-state index < -0.39 is 6.10 Å². The van der Waals surface area contributed by atoms with Crippen LogP contribution in [0.25, 0.3) is 5.69 Å². The van der Waals surface area contributed by atoms with Crippen molar-refractivity contribution in [3.63, 3.8) is 0 Å². The van der Waals surface area contributed by atoms with E-state index in [9.17, 15) is 9.90 Å². The van der Waals surface area contributed by atoms with Gasteiger partial charge in [-0.25, -0.2) is 9.67 Å². The second-order valence-corrected chi connectivity index (χ2v) is 5.80. The third-order valence-electron chi connectivity index (χ3n) is 4.07. The van der Waals surface area contributed by atoms with E-state index in [1.165, 1.54) is 6.33 Å². The van der Waals surface area contributed by atoms with Crippen LogP contribution in [-0.4, -0.2) is 44.3 Å². The van der Waals surface area contributed by atoms with Gasteiger partial charge in [-0.1, -0.05) is 42.5 Å². The van der Waals surface area contributed by atoms with E-state index in [0.29, 0.717) is 24.2 Å². The minimum Gasteiger partial charge on any atom is -0.388 e. The number of para-hydroxylation sites is 1. The van der Waals surface area contributed by atoms with Gasteiger partial charge in [-0.05, 0) is 24.1 Å². The molecule has 0 radical (unpaired) electrons. The van der Waals surface area contributed by atoms with Crippen LogP contribution in [0, 0.1) is 0 Å². The Hall–Kier alpha value is -2.99. The van der Waals surface area contributed by atoms with Crippen molar-refractivity contribution in [3.05, 3.63) is 78.4 Å². The average molecular weight is 336 g/mol.